The van der Waals surface area contributed by atoms with E-state index in [0.717, 1.165) is 0 Å². The first-order valence-electron chi connectivity index (χ1n) is 3.64. The maximum atomic E-state index is 11.1. The second-order valence-electron chi connectivity index (χ2n) is 2.87. The van der Waals surface area contributed by atoms with E-state index in [9.17, 15) is 9.59 Å². The number of ketones is 1. The number of nitrogens with zero attached hydrogens (tertiary/aromatic N) is 1. The van der Waals surface area contributed by atoms with Gasteiger partial charge < -0.3 is 9.68 Å². The quantitative estimate of drug-likeness (QED) is 0.360. The van der Waals surface area contributed by atoms with Crippen molar-refractivity contribution in [3.05, 3.63) is 0 Å². The van der Waals surface area contributed by atoms with Gasteiger partial charge in [-0.1, -0.05) is 0 Å². The monoisotopic (exact) mass is 171 g/mol. The van der Waals surface area contributed by atoms with Crippen LogP contribution in [0.5, 0.6) is 0 Å². The number of likely N-dealkylation sites (N-methyl/N-ethyl adjacent to an activating group) is 1. The molecule has 0 spiro atoms. The van der Waals surface area contributed by atoms with Gasteiger partial charge in [0, 0.05) is 0 Å². The van der Waals surface area contributed by atoms with Crippen molar-refractivity contribution in [1.82, 2.24) is 4.81 Å². The fourth-order valence-electron chi connectivity index (χ4n) is 0.888. The second kappa shape index (κ2) is 3.24. The lowest BCUT2D eigenvalue weighted by Crippen LogP contribution is -2.39. The summed E-state index contributed by atoms with van der Waals surface area (Å²) in [4.78, 5) is 23.3. The van der Waals surface area contributed by atoms with Crippen LogP contribution in [0.2, 0.25) is 0 Å². The number of rotatable bonds is 0. The number of carbonyl (C=O) groups is 2. The fraction of sp³-hybridized carbons (Fsp3) is 0.667. The number of hydrogen-bond acceptors (Lipinski definition) is 5. The van der Waals surface area contributed by atoms with Gasteiger partial charge in [-0.3, -0.25) is 14.4 Å². The molecule has 0 aromatic rings. The summed E-state index contributed by atoms with van der Waals surface area (Å²) in [5, 5.41) is 9.09. The minimum absolute atomic E-state index is 0.0358. The molecule has 0 aliphatic carbocycles. The van der Waals surface area contributed by atoms with E-state index in [1.54, 1.807) is 0 Å². The summed E-state index contributed by atoms with van der Waals surface area (Å²) in [5.41, 5.74) is 0. The van der Waals surface area contributed by atoms with Crippen molar-refractivity contribution < 1.29 is 19.3 Å². The van der Waals surface area contributed by atoms with Crippen LogP contribution in [0.15, 0.2) is 0 Å². The summed E-state index contributed by atoms with van der Waals surface area (Å²) in [6.07, 6.45) is 0. The van der Waals surface area contributed by atoms with Crippen LogP contribution in [-0.4, -0.2) is 42.4 Å². The van der Waals surface area contributed by atoms with Gasteiger partial charge in [0.2, 0.25) is 0 Å². The van der Waals surface area contributed by atoms with Gasteiger partial charge in [-0.25, -0.2) is 0 Å². The van der Waals surface area contributed by atoms with Crippen LogP contribution in [0.25, 0.3) is 0 Å². The van der Waals surface area contributed by atoms with Crippen LogP contribution >= 0.6 is 0 Å². The molecule has 12 heavy (non-hydrogen) atoms. The third-order valence-corrected chi connectivity index (χ3v) is 1.84. The second-order valence-corrected chi connectivity index (χ2v) is 2.87. The van der Waals surface area contributed by atoms with Gasteiger partial charge in [0.25, 0.3) is 0 Å². The number of Topliss-reactive ketones (excluding diaryl/α,β-unsaturated/α-hetero) is 1. The predicted octanol–water partition coefficient (Wildman–Crippen LogP) is -1.34. The van der Waals surface area contributed by atoms with Gasteiger partial charge in [0.1, 0.15) is 5.92 Å². The Morgan fingerprint density at radius 2 is 2.25 bits per heavy atom. The minimum atomic E-state index is -1.30. The average molecular weight is 171 g/mol. The van der Waals surface area contributed by atoms with Crippen LogP contribution in [0.1, 0.15) is 6.92 Å². The van der Waals surface area contributed by atoms with Crippen molar-refractivity contribution >= 4 is 19.0 Å². The zero-order valence-electron chi connectivity index (χ0n) is 6.98. The molecule has 0 radical (unpaired) electrons. The van der Waals surface area contributed by atoms with Crippen molar-refractivity contribution in [1.29, 1.82) is 0 Å². The first-order chi connectivity index (χ1) is 5.52. The van der Waals surface area contributed by atoms with Crippen LogP contribution in [0, 0.1) is 5.92 Å². The first-order valence-corrected chi connectivity index (χ1v) is 3.64. The average Bonchev–Trinajstić information content (AvgIpc) is 2.07. The highest BCUT2D eigenvalue weighted by Crippen LogP contribution is 2.08. The fourth-order valence-corrected chi connectivity index (χ4v) is 0.888. The molecule has 1 unspecified atom stereocenters. The summed E-state index contributed by atoms with van der Waals surface area (Å²) in [6.45, 7) is 1.50. The number of carbonyl (C=O) groups excluding carboxylic acids is 2. The summed E-state index contributed by atoms with van der Waals surface area (Å²) in [7, 11) is 0.208. The Labute approximate surface area is 70.5 Å². The minimum Gasteiger partial charge on any atom is -0.495 e. The Hall–Kier alpha value is -0.875. The van der Waals surface area contributed by atoms with E-state index in [2.05, 4.69) is 4.65 Å². The third kappa shape index (κ3) is 1.65. The molecule has 1 aliphatic heterocycles. The lowest BCUT2D eigenvalue weighted by atomic mass is 10.1. The molecule has 0 amide bonds. The van der Waals surface area contributed by atoms with E-state index in [1.807, 2.05) is 0 Å². The summed E-state index contributed by atoms with van der Waals surface area (Å²) in [6, 6.07) is 0. The van der Waals surface area contributed by atoms with Crippen LogP contribution in [0.3, 0.4) is 0 Å². The Morgan fingerprint density at radius 1 is 1.67 bits per heavy atom. The van der Waals surface area contributed by atoms with E-state index < -0.39 is 19.1 Å². The molecule has 6 heteroatoms. The Balaban J connectivity index is 2.78. The molecular formula is C6H10BNO4. The van der Waals surface area contributed by atoms with Crippen molar-refractivity contribution in [3.8, 4) is 0 Å². The van der Waals surface area contributed by atoms with Gasteiger partial charge >= 0.3 is 13.2 Å². The SMILES string of the molecule is CC1C(=O)CN(C)B(O)OC1=O. The van der Waals surface area contributed by atoms with Gasteiger partial charge in [0.05, 0.1) is 6.54 Å². The molecule has 0 bridgehead atoms. The Bertz CT molecular complexity index is 198. The molecule has 1 fully saturated rings. The van der Waals surface area contributed by atoms with E-state index in [4.69, 9.17) is 5.02 Å². The molecule has 1 heterocycles. The molecule has 1 atom stereocenters. The highest BCUT2D eigenvalue weighted by molar-refractivity contribution is 6.43. The van der Waals surface area contributed by atoms with Crippen LogP contribution < -0.4 is 0 Å². The maximum Gasteiger partial charge on any atom is 0.628 e. The standard InChI is InChI=1S/C6H10BNO4/c1-4-5(9)3-8(2)7(11)12-6(4)10/h4,11H,3H2,1-2H3. The maximum absolute atomic E-state index is 11.1. The van der Waals surface area contributed by atoms with Gasteiger partial charge in [-0.2, -0.15) is 0 Å². The summed E-state index contributed by atoms with van der Waals surface area (Å²) >= 11 is 0. The molecule has 1 saturated heterocycles. The zero-order chi connectivity index (χ0) is 9.30. The van der Waals surface area contributed by atoms with Gasteiger partial charge in [-0.15, -0.1) is 0 Å². The largest absolute Gasteiger partial charge is 0.628 e. The normalized spacial score (nSPS) is 26.9. The van der Waals surface area contributed by atoms with Crippen LogP contribution in [0.4, 0.5) is 0 Å². The molecule has 1 aliphatic rings. The molecule has 66 valence electrons. The van der Waals surface area contributed by atoms with E-state index in [0.29, 0.717) is 0 Å². The molecule has 1 rings (SSSR count). The third-order valence-electron chi connectivity index (χ3n) is 1.84. The molecule has 0 saturated carbocycles. The topological polar surface area (TPSA) is 66.8 Å². The summed E-state index contributed by atoms with van der Waals surface area (Å²) in [5.74, 6) is -1.68. The van der Waals surface area contributed by atoms with Crippen LogP contribution in [-0.2, 0) is 14.2 Å². The smallest absolute Gasteiger partial charge is 0.495 e. The molecule has 0 aromatic heterocycles. The van der Waals surface area contributed by atoms with E-state index in [1.165, 1.54) is 18.8 Å². The first kappa shape index (κ1) is 9.21. The molecule has 1 N–H and O–H groups in total. The molecular weight excluding hydrogens is 161 g/mol. The highest BCUT2D eigenvalue weighted by Gasteiger charge is 2.36. The van der Waals surface area contributed by atoms with Gasteiger partial charge in [-0.05, 0) is 14.0 Å². The van der Waals surface area contributed by atoms with Crippen molar-refractivity contribution in [2.24, 2.45) is 5.92 Å². The highest BCUT2D eigenvalue weighted by atomic mass is 16.6. The van der Waals surface area contributed by atoms with Gasteiger partial charge in [0.15, 0.2) is 5.78 Å². The summed E-state index contributed by atoms with van der Waals surface area (Å²) < 4.78 is 4.53. The predicted molar refractivity (Wildman–Crippen MR) is 40.9 cm³/mol. The van der Waals surface area contributed by atoms with Crippen molar-refractivity contribution in [2.75, 3.05) is 13.6 Å². The van der Waals surface area contributed by atoms with E-state index in [-0.39, 0.29) is 12.3 Å². The number of hydrogen-bond donors (Lipinski definition) is 1. The zero-order valence-corrected chi connectivity index (χ0v) is 6.98. The lowest BCUT2D eigenvalue weighted by molar-refractivity contribution is -0.142. The molecule has 5 nitrogen and oxygen atoms in total. The van der Waals surface area contributed by atoms with Crippen molar-refractivity contribution in [2.45, 2.75) is 6.92 Å². The Morgan fingerprint density at radius 3 is 2.83 bits per heavy atom. The Kier molecular flexibility index (Phi) is 2.49. The van der Waals surface area contributed by atoms with E-state index >= 15 is 0 Å². The molecule has 0 aromatic carbocycles. The lowest BCUT2D eigenvalue weighted by Gasteiger charge is -2.12. The van der Waals surface area contributed by atoms with Crippen molar-refractivity contribution in [3.63, 3.8) is 0 Å².